The third-order valence-electron chi connectivity index (χ3n) is 5.08. The van der Waals surface area contributed by atoms with Crippen molar-refractivity contribution >= 4 is 56.2 Å². The van der Waals surface area contributed by atoms with Crippen LogP contribution in [0.2, 0.25) is 5.02 Å². The number of hydrogen-bond donors (Lipinski definition) is 0. The van der Waals surface area contributed by atoms with Crippen LogP contribution in [0.5, 0.6) is 5.75 Å². The maximum atomic E-state index is 12.0. The van der Waals surface area contributed by atoms with Gasteiger partial charge in [-0.05, 0) is 52.7 Å². The van der Waals surface area contributed by atoms with Crippen molar-refractivity contribution in [1.29, 1.82) is 0 Å². The molecule has 0 radical (unpaired) electrons. The van der Waals surface area contributed by atoms with Crippen molar-refractivity contribution in [1.82, 2.24) is 4.57 Å². The van der Waals surface area contributed by atoms with E-state index in [4.69, 9.17) is 21.1 Å². The molecule has 0 bridgehead atoms. The highest BCUT2D eigenvalue weighted by molar-refractivity contribution is 9.10. The van der Waals surface area contributed by atoms with Crippen molar-refractivity contribution in [3.63, 3.8) is 0 Å². The highest BCUT2D eigenvalue weighted by Crippen LogP contribution is 2.49. The predicted molar refractivity (Wildman–Crippen MR) is 116 cm³/mol. The van der Waals surface area contributed by atoms with E-state index in [9.17, 15) is 4.79 Å². The van der Waals surface area contributed by atoms with Crippen molar-refractivity contribution in [3.8, 4) is 5.75 Å². The van der Waals surface area contributed by atoms with Gasteiger partial charge in [-0.2, -0.15) is 0 Å². The number of hydrogen-bond acceptors (Lipinski definition) is 4. The minimum absolute atomic E-state index is 0.132. The lowest BCUT2D eigenvalue weighted by Gasteiger charge is -2.12. The van der Waals surface area contributed by atoms with Crippen LogP contribution in [0.25, 0.3) is 10.9 Å². The second kappa shape index (κ2) is 8.01. The fourth-order valence-corrected chi connectivity index (χ4v) is 5.87. The Bertz CT molecular complexity index is 1050. The molecule has 1 aliphatic heterocycles. The minimum Gasteiger partial charge on any atom is -0.497 e. The maximum Gasteiger partial charge on any atom is 0.306 e. The summed E-state index contributed by atoms with van der Waals surface area (Å²) in [5.74, 6) is 0.759. The molecule has 1 unspecified atom stereocenters. The number of methoxy groups -OCH3 is 2. The first-order valence-corrected chi connectivity index (χ1v) is 10.9. The first-order chi connectivity index (χ1) is 13.5. The predicted octanol–water partition coefficient (Wildman–Crippen LogP) is 6.27. The summed E-state index contributed by atoms with van der Waals surface area (Å²) < 4.78 is 13.7. The molecule has 0 N–H and O–H groups in total. The van der Waals surface area contributed by atoms with Gasteiger partial charge >= 0.3 is 5.97 Å². The van der Waals surface area contributed by atoms with Crippen LogP contribution >= 0.6 is 39.3 Å². The number of benzene rings is 2. The molecule has 3 aromatic rings. The van der Waals surface area contributed by atoms with Gasteiger partial charge in [0, 0.05) is 48.9 Å². The van der Waals surface area contributed by atoms with E-state index in [1.54, 1.807) is 18.9 Å². The fraction of sp³-hybridized carbons (Fsp3) is 0.286. The Labute approximate surface area is 181 Å². The van der Waals surface area contributed by atoms with Gasteiger partial charge in [-0.1, -0.05) is 23.4 Å². The van der Waals surface area contributed by atoms with Crippen molar-refractivity contribution in [2.45, 2.75) is 35.1 Å². The Balaban J connectivity index is 1.89. The highest BCUT2D eigenvalue weighted by atomic mass is 79.9. The third-order valence-corrected chi connectivity index (χ3v) is 7.08. The van der Waals surface area contributed by atoms with Gasteiger partial charge in [0.05, 0.1) is 26.2 Å². The largest absolute Gasteiger partial charge is 0.497 e. The van der Waals surface area contributed by atoms with E-state index < -0.39 is 0 Å². The molecule has 0 amide bonds. The monoisotopic (exact) mass is 479 g/mol. The molecule has 146 valence electrons. The molecule has 0 fully saturated rings. The Hall–Kier alpha value is -1.63. The normalized spacial score (nSPS) is 15.6. The first-order valence-electron chi connectivity index (χ1n) is 8.91. The summed E-state index contributed by atoms with van der Waals surface area (Å²) in [5.41, 5.74) is 2.30. The average Bonchev–Trinajstić information content (AvgIpc) is 3.23. The lowest BCUT2D eigenvalue weighted by molar-refractivity contribution is -0.141. The number of esters is 1. The highest BCUT2D eigenvalue weighted by Gasteiger charge is 2.32. The van der Waals surface area contributed by atoms with Gasteiger partial charge in [0.2, 0.25) is 0 Å². The number of nitrogens with zero attached hydrogens (tertiary/aromatic N) is 1. The molecular formula is C21H19BrClNO3S. The standard InChI is InChI=1S/C21H19BrClNO3S/c1-26-14-10-16(22)19-17(11-14)24-8-7-12(9-18(25)27-2)20(24)21(19)28-15-5-3-13(23)4-6-15/h3-6,10-12H,7-9H2,1-2H3. The second-order valence-corrected chi connectivity index (χ2v) is 9.07. The first kappa shape index (κ1) is 19.7. The maximum absolute atomic E-state index is 12.0. The number of aromatic nitrogens is 1. The van der Waals surface area contributed by atoms with E-state index >= 15 is 0 Å². The molecule has 1 aromatic heterocycles. The molecule has 0 saturated carbocycles. The third kappa shape index (κ3) is 3.53. The van der Waals surface area contributed by atoms with Crippen LogP contribution in [0.15, 0.2) is 50.7 Å². The van der Waals surface area contributed by atoms with Crippen LogP contribution in [0.3, 0.4) is 0 Å². The molecular weight excluding hydrogens is 462 g/mol. The van der Waals surface area contributed by atoms with Crippen LogP contribution in [-0.4, -0.2) is 24.8 Å². The molecule has 2 heterocycles. The van der Waals surface area contributed by atoms with Crippen LogP contribution in [0.1, 0.15) is 24.5 Å². The number of aryl methyl sites for hydroxylation is 1. The van der Waals surface area contributed by atoms with Crippen LogP contribution in [0, 0.1) is 0 Å². The summed E-state index contributed by atoms with van der Waals surface area (Å²) in [7, 11) is 3.11. The Morgan fingerprint density at radius 2 is 2.04 bits per heavy atom. The van der Waals surface area contributed by atoms with Gasteiger partial charge in [0.1, 0.15) is 5.75 Å². The van der Waals surface area contributed by atoms with Crippen LogP contribution in [-0.2, 0) is 16.1 Å². The van der Waals surface area contributed by atoms with E-state index in [0.29, 0.717) is 11.4 Å². The van der Waals surface area contributed by atoms with E-state index in [1.165, 1.54) is 17.7 Å². The molecule has 28 heavy (non-hydrogen) atoms. The average molecular weight is 481 g/mol. The summed E-state index contributed by atoms with van der Waals surface area (Å²) in [4.78, 5) is 14.3. The van der Waals surface area contributed by atoms with Crippen molar-refractivity contribution in [3.05, 3.63) is 51.6 Å². The van der Waals surface area contributed by atoms with Crippen LogP contribution in [0.4, 0.5) is 0 Å². The molecule has 1 atom stereocenters. The zero-order chi connectivity index (χ0) is 19.8. The number of carbonyl (C=O) groups is 1. The quantitative estimate of drug-likeness (QED) is 0.404. The minimum atomic E-state index is -0.178. The Morgan fingerprint density at radius 3 is 2.71 bits per heavy atom. The van der Waals surface area contributed by atoms with E-state index in [1.807, 2.05) is 30.3 Å². The number of rotatable bonds is 5. The SMILES string of the molecule is COC(=O)CC1CCn2c1c(Sc1ccc(Cl)cc1)c1c(Br)cc(OC)cc12. The van der Waals surface area contributed by atoms with Gasteiger partial charge in [-0.15, -0.1) is 0 Å². The fourth-order valence-electron chi connectivity index (χ4n) is 3.78. The molecule has 0 saturated heterocycles. The lowest BCUT2D eigenvalue weighted by Crippen LogP contribution is -2.07. The molecule has 1 aliphatic rings. The summed E-state index contributed by atoms with van der Waals surface area (Å²) in [6.07, 6.45) is 1.30. The summed E-state index contributed by atoms with van der Waals surface area (Å²) in [6, 6.07) is 11.9. The summed E-state index contributed by atoms with van der Waals surface area (Å²) in [6.45, 7) is 0.869. The van der Waals surface area contributed by atoms with Crippen LogP contribution < -0.4 is 4.74 Å². The van der Waals surface area contributed by atoms with Gasteiger partial charge < -0.3 is 14.0 Å². The zero-order valence-corrected chi connectivity index (χ0v) is 18.7. The number of ether oxygens (including phenoxy) is 2. The van der Waals surface area contributed by atoms with Gasteiger partial charge in [0.15, 0.2) is 0 Å². The molecule has 0 spiro atoms. The molecule has 4 rings (SSSR count). The zero-order valence-electron chi connectivity index (χ0n) is 15.5. The molecule has 0 aliphatic carbocycles. The number of carbonyl (C=O) groups excluding carboxylic acids is 1. The Morgan fingerprint density at radius 1 is 1.29 bits per heavy atom. The number of halogens is 2. The van der Waals surface area contributed by atoms with Gasteiger partial charge in [-0.3, -0.25) is 4.79 Å². The topological polar surface area (TPSA) is 40.5 Å². The van der Waals surface area contributed by atoms with Crippen molar-refractivity contribution < 1.29 is 14.3 Å². The molecule has 7 heteroatoms. The van der Waals surface area contributed by atoms with Gasteiger partial charge in [-0.25, -0.2) is 0 Å². The smallest absolute Gasteiger partial charge is 0.306 e. The summed E-state index contributed by atoms with van der Waals surface area (Å²) in [5, 5.41) is 1.86. The van der Waals surface area contributed by atoms with E-state index in [0.717, 1.165) is 39.0 Å². The molecule has 4 nitrogen and oxygen atoms in total. The lowest BCUT2D eigenvalue weighted by atomic mass is 10.00. The van der Waals surface area contributed by atoms with Crippen molar-refractivity contribution in [2.75, 3.05) is 14.2 Å². The van der Waals surface area contributed by atoms with Gasteiger partial charge in [0.25, 0.3) is 0 Å². The number of fused-ring (bicyclic) bond motifs is 3. The summed E-state index contributed by atoms with van der Waals surface area (Å²) >= 11 is 11.5. The molecule has 2 aromatic carbocycles. The van der Waals surface area contributed by atoms with Crippen molar-refractivity contribution in [2.24, 2.45) is 0 Å². The second-order valence-electron chi connectivity index (χ2n) is 6.69. The Kier molecular flexibility index (Phi) is 5.63. The van der Waals surface area contributed by atoms with E-state index in [2.05, 4.69) is 26.6 Å². The van der Waals surface area contributed by atoms with E-state index in [-0.39, 0.29) is 11.9 Å².